The summed E-state index contributed by atoms with van der Waals surface area (Å²) in [6, 6.07) is 1.81. The van der Waals surface area contributed by atoms with Crippen LogP contribution in [0.5, 0.6) is 0 Å². The zero-order chi connectivity index (χ0) is 13.2. The molecule has 1 saturated heterocycles. The maximum Gasteiger partial charge on any atom is 0.276 e. The summed E-state index contributed by atoms with van der Waals surface area (Å²) in [6.45, 7) is 5.01. The third-order valence-corrected chi connectivity index (χ3v) is 3.90. The minimum atomic E-state index is -0.0231. The summed E-state index contributed by atoms with van der Waals surface area (Å²) in [5.74, 6) is 1.79. The van der Waals surface area contributed by atoms with Crippen molar-refractivity contribution in [1.29, 1.82) is 0 Å². The average molecular weight is 264 g/mol. The zero-order valence-electron chi connectivity index (χ0n) is 11.3. The first kappa shape index (κ1) is 12.7. The van der Waals surface area contributed by atoms with Crippen LogP contribution in [0.15, 0.2) is 10.6 Å². The van der Waals surface area contributed by atoms with E-state index in [4.69, 9.17) is 9.26 Å². The number of carbonyl (C=O) groups excluding carboxylic acids is 1. The lowest BCUT2D eigenvalue weighted by atomic mass is 10.1. The van der Waals surface area contributed by atoms with Crippen LogP contribution in [0.3, 0.4) is 0 Å². The van der Waals surface area contributed by atoms with Gasteiger partial charge in [0.15, 0.2) is 5.69 Å². The van der Waals surface area contributed by atoms with Crippen molar-refractivity contribution in [2.75, 3.05) is 26.3 Å². The average Bonchev–Trinajstić information content (AvgIpc) is 2.95. The van der Waals surface area contributed by atoms with Crippen LogP contribution in [-0.2, 0) is 4.74 Å². The van der Waals surface area contributed by atoms with E-state index in [1.165, 1.54) is 0 Å². The molecule has 0 spiro atoms. The van der Waals surface area contributed by atoms with E-state index in [1.54, 1.807) is 0 Å². The molecule has 19 heavy (non-hydrogen) atoms. The first-order valence-corrected chi connectivity index (χ1v) is 7.11. The second kappa shape index (κ2) is 5.33. The third kappa shape index (κ3) is 2.81. The van der Waals surface area contributed by atoms with Gasteiger partial charge in [-0.3, -0.25) is 4.79 Å². The van der Waals surface area contributed by atoms with Gasteiger partial charge in [-0.05, 0) is 26.2 Å². The summed E-state index contributed by atoms with van der Waals surface area (Å²) in [6.07, 6.45) is 3.34. The zero-order valence-corrected chi connectivity index (χ0v) is 11.3. The molecule has 1 unspecified atom stereocenters. The number of ether oxygens (including phenoxy) is 1. The highest BCUT2D eigenvalue weighted by Gasteiger charge is 2.30. The summed E-state index contributed by atoms with van der Waals surface area (Å²) in [4.78, 5) is 14.2. The largest absolute Gasteiger partial charge is 0.381 e. The fourth-order valence-corrected chi connectivity index (χ4v) is 2.51. The quantitative estimate of drug-likeness (QED) is 0.816. The number of hydrogen-bond acceptors (Lipinski definition) is 4. The Hall–Kier alpha value is -1.36. The van der Waals surface area contributed by atoms with Crippen molar-refractivity contribution in [2.45, 2.75) is 32.1 Å². The summed E-state index contributed by atoms with van der Waals surface area (Å²) >= 11 is 0. The molecule has 104 valence electrons. The lowest BCUT2D eigenvalue weighted by molar-refractivity contribution is 0.0720. The minimum absolute atomic E-state index is 0.0231. The van der Waals surface area contributed by atoms with Crippen LogP contribution in [0.2, 0.25) is 0 Å². The molecule has 0 radical (unpaired) electrons. The van der Waals surface area contributed by atoms with E-state index in [9.17, 15) is 4.79 Å². The monoisotopic (exact) mass is 264 g/mol. The van der Waals surface area contributed by atoms with E-state index >= 15 is 0 Å². The Labute approximate surface area is 112 Å². The van der Waals surface area contributed by atoms with E-state index in [0.717, 1.165) is 44.8 Å². The normalized spacial score (nSPS) is 22.7. The van der Waals surface area contributed by atoms with Crippen molar-refractivity contribution in [3.63, 3.8) is 0 Å². The van der Waals surface area contributed by atoms with Crippen LogP contribution in [-0.4, -0.2) is 42.3 Å². The number of carbonyl (C=O) groups is 1. The lowest BCUT2D eigenvalue weighted by Crippen LogP contribution is -2.35. The fourth-order valence-electron chi connectivity index (χ4n) is 2.51. The molecule has 5 nitrogen and oxygen atoms in total. The van der Waals surface area contributed by atoms with Crippen molar-refractivity contribution < 1.29 is 14.1 Å². The summed E-state index contributed by atoms with van der Waals surface area (Å²) in [7, 11) is 0. The van der Waals surface area contributed by atoms with Crippen LogP contribution >= 0.6 is 0 Å². The van der Waals surface area contributed by atoms with Gasteiger partial charge in [-0.2, -0.15) is 0 Å². The highest BCUT2D eigenvalue weighted by molar-refractivity contribution is 5.92. The van der Waals surface area contributed by atoms with Crippen LogP contribution in [0, 0.1) is 5.92 Å². The molecule has 2 aliphatic rings. The van der Waals surface area contributed by atoms with Gasteiger partial charge in [0, 0.05) is 37.6 Å². The molecule has 1 aliphatic heterocycles. The number of nitrogens with zero attached hydrogens (tertiary/aromatic N) is 2. The topological polar surface area (TPSA) is 55.6 Å². The Morgan fingerprint density at radius 2 is 2.32 bits per heavy atom. The Kier molecular flexibility index (Phi) is 3.55. The Bertz CT molecular complexity index is 447. The maximum atomic E-state index is 12.4. The molecule has 2 fully saturated rings. The fraction of sp³-hybridized carbons (Fsp3) is 0.714. The van der Waals surface area contributed by atoms with Gasteiger partial charge in [0.1, 0.15) is 5.76 Å². The number of hydrogen-bond donors (Lipinski definition) is 0. The molecule has 0 N–H and O–H groups in total. The van der Waals surface area contributed by atoms with Crippen molar-refractivity contribution >= 4 is 5.91 Å². The third-order valence-electron chi connectivity index (χ3n) is 3.90. The molecule has 1 amide bonds. The van der Waals surface area contributed by atoms with E-state index in [2.05, 4.69) is 5.16 Å². The van der Waals surface area contributed by atoms with E-state index in [1.807, 2.05) is 17.9 Å². The maximum absolute atomic E-state index is 12.4. The molecule has 1 saturated carbocycles. The van der Waals surface area contributed by atoms with Gasteiger partial charge in [0.2, 0.25) is 0 Å². The van der Waals surface area contributed by atoms with E-state index in [-0.39, 0.29) is 5.91 Å². The Balaban J connectivity index is 1.64. The van der Waals surface area contributed by atoms with Gasteiger partial charge in [-0.15, -0.1) is 0 Å². The molecule has 2 heterocycles. The van der Waals surface area contributed by atoms with E-state index < -0.39 is 0 Å². The standard InChI is InChI=1S/C14H20N2O3/c1-2-16(8-10-5-6-18-9-10)14(17)12-7-13(19-15-12)11-3-4-11/h7,10-11H,2-6,8-9H2,1H3. The van der Waals surface area contributed by atoms with Crippen molar-refractivity contribution in [1.82, 2.24) is 10.1 Å². The van der Waals surface area contributed by atoms with Gasteiger partial charge >= 0.3 is 0 Å². The molecule has 1 aromatic heterocycles. The van der Waals surface area contributed by atoms with Crippen LogP contribution in [0.1, 0.15) is 48.4 Å². The van der Waals surface area contributed by atoms with Crippen LogP contribution < -0.4 is 0 Å². The van der Waals surface area contributed by atoms with Crippen molar-refractivity contribution in [2.24, 2.45) is 5.92 Å². The molecule has 1 aliphatic carbocycles. The van der Waals surface area contributed by atoms with Crippen LogP contribution in [0.25, 0.3) is 0 Å². The summed E-state index contributed by atoms with van der Waals surface area (Å²) in [5.41, 5.74) is 0.447. The smallest absolute Gasteiger partial charge is 0.276 e. The molecular weight excluding hydrogens is 244 g/mol. The molecule has 0 bridgehead atoms. The lowest BCUT2D eigenvalue weighted by Gasteiger charge is -2.22. The second-order valence-corrected chi connectivity index (χ2v) is 5.46. The first-order valence-electron chi connectivity index (χ1n) is 7.11. The highest BCUT2D eigenvalue weighted by atomic mass is 16.5. The number of aromatic nitrogens is 1. The van der Waals surface area contributed by atoms with Gasteiger partial charge in [-0.25, -0.2) is 0 Å². The SMILES string of the molecule is CCN(CC1CCOC1)C(=O)c1cc(C2CC2)on1. The predicted molar refractivity (Wildman–Crippen MR) is 69.0 cm³/mol. The molecule has 1 aromatic rings. The van der Waals surface area contributed by atoms with Crippen LogP contribution in [0.4, 0.5) is 0 Å². The van der Waals surface area contributed by atoms with Gasteiger partial charge in [-0.1, -0.05) is 5.16 Å². The predicted octanol–water partition coefficient (Wildman–Crippen LogP) is 2.05. The first-order chi connectivity index (χ1) is 9.28. The molecule has 3 rings (SSSR count). The van der Waals surface area contributed by atoms with Crippen molar-refractivity contribution in [3.05, 3.63) is 17.5 Å². The summed E-state index contributed by atoms with van der Waals surface area (Å²) in [5, 5.41) is 3.92. The Morgan fingerprint density at radius 3 is 2.95 bits per heavy atom. The van der Waals surface area contributed by atoms with E-state index in [0.29, 0.717) is 24.1 Å². The van der Waals surface area contributed by atoms with Gasteiger partial charge in [0.05, 0.1) is 6.61 Å². The minimum Gasteiger partial charge on any atom is -0.381 e. The summed E-state index contributed by atoms with van der Waals surface area (Å²) < 4.78 is 10.6. The van der Waals surface area contributed by atoms with Gasteiger partial charge in [0.25, 0.3) is 5.91 Å². The number of amides is 1. The Morgan fingerprint density at radius 1 is 1.47 bits per heavy atom. The van der Waals surface area contributed by atoms with Gasteiger partial charge < -0.3 is 14.2 Å². The highest BCUT2D eigenvalue weighted by Crippen LogP contribution is 2.40. The molecule has 0 aromatic carbocycles. The second-order valence-electron chi connectivity index (χ2n) is 5.46. The molecule has 5 heteroatoms. The molecular formula is C14H20N2O3. The molecule has 1 atom stereocenters. The number of rotatable bonds is 5. The van der Waals surface area contributed by atoms with Crippen molar-refractivity contribution in [3.8, 4) is 0 Å².